The van der Waals surface area contributed by atoms with Crippen LogP contribution >= 0.6 is 0 Å². The predicted octanol–water partition coefficient (Wildman–Crippen LogP) is 14.6. The van der Waals surface area contributed by atoms with E-state index in [1.165, 1.54) is 151 Å². The SMILES string of the molecule is CCCCCc1ccc(Nc2cc3c(cc2-c2cc(C)c4c5cc6c(cc5n5c4c2[B]c2cc(CCCCC)ccc2-5)C(C)(C)CCC6(C)C)C(C)(C)c2ccccc2-3)cc1. The standard InChI is InChI=1S/C58H64BN2/c1-10-12-14-18-37-22-25-39(26-23-37)60-50-34-41-40-20-16-17-21-45(40)58(8,9)46(41)32-42(50)43-30-36(3)53-44-33-47-48(57(6,7)29-28-56(47,4)5)35-52(44)61-51-27-24-38(19-15-13-11-2)31-49(51)59-54(43)55(53)61/h16-17,20-27,30-35,60H,10-15,18-19,28-29H2,1-9H3. The van der Waals surface area contributed by atoms with E-state index in [-0.39, 0.29) is 16.2 Å². The summed E-state index contributed by atoms with van der Waals surface area (Å²) >= 11 is 0. The first-order chi connectivity index (χ1) is 29.3. The molecule has 0 saturated heterocycles. The lowest BCUT2D eigenvalue weighted by molar-refractivity contribution is 0.332. The van der Waals surface area contributed by atoms with Crippen molar-refractivity contribution in [1.82, 2.24) is 4.57 Å². The summed E-state index contributed by atoms with van der Waals surface area (Å²) in [5, 5.41) is 6.81. The maximum atomic E-state index is 4.02. The highest BCUT2D eigenvalue weighted by molar-refractivity contribution is 6.73. The second-order valence-electron chi connectivity index (χ2n) is 20.8. The second-order valence-corrected chi connectivity index (χ2v) is 20.8. The van der Waals surface area contributed by atoms with Crippen molar-refractivity contribution in [2.24, 2.45) is 0 Å². The van der Waals surface area contributed by atoms with Crippen LogP contribution in [0.15, 0.2) is 97.1 Å². The molecule has 1 aromatic heterocycles. The smallest absolute Gasteiger partial charge is 0.197 e. The van der Waals surface area contributed by atoms with Crippen LogP contribution in [0.3, 0.4) is 0 Å². The van der Waals surface area contributed by atoms with Crippen LogP contribution in [0, 0.1) is 6.92 Å². The summed E-state index contributed by atoms with van der Waals surface area (Å²) in [5.41, 5.74) is 24.4. The molecule has 1 aliphatic heterocycles. The van der Waals surface area contributed by atoms with Crippen molar-refractivity contribution >= 4 is 51.4 Å². The van der Waals surface area contributed by atoms with Gasteiger partial charge < -0.3 is 9.88 Å². The van der Waals surface area contributed by atoms with Crippen molar-refractivity contribution in [3.05, 3.63) is 136 Å². The van der Waals surface area contributed by atoms with Crippen LogP contribution in [-0.4, -0.2) is 11.8 Å². The molecule has 1 N–H and O–H groups in total. The Morgan fingerprint density at radius 3 is 2.00 bits per heavy atom. The van der Waals surface area contributed by atoms with Gasteiger partial charge >= 0.3 is 0 Å². The molecule has 10 rings (SSSR count). The van der Waals surface area contributed by atoms with Crippen molar-refractivity contribution in [1.29, 1.82) is 0 Å². The molecule has 2 heterocycles. The number of anilines is 2. The van der Waals surface area contributed by atoms with E-state index in [1.807, 2.05) is 0 Å². The number of nitrogens with zero attached hydrogens (tertiary/aromatic N) is 1. The minimum Gasteiger partial charge on any atom is -0.355 e. The summed E-state index contributed by atoms with van der Waals surface area (Å²) in [4.78, 5) is 0. The Kier molecular flexibility index (Phi) is 9.74. The van der Waals surface area contributed by atoms with E-state index in [0.29, 0.717) is 0 Å². The highest BCUT2D eigenvalue weighted by atomic mass is 15.0. The number of nitrogens with one attached hydrogen (secondary N) is 1. The van der Waals surface area contributed by atoms with E-state index >= 15 is 0 Å². The van der Waals surface area contributed by atoms with Crippen LogP contribution in [0.25, 0.3) is 49.7 Å². The third-order valence-corrected chi connectivity index (χ3v) is 15.3. The number of aromatic nitrogens is 1. The average molecular weight is 800 g/mol. The van der Waals surface area contributed by atoms with Gasteiger partial charge in [0.15, 0.2) is 7.28 Å². The van der Waals surface area contributed by atoms with Gasteiger partial charge in [-0.25, -0.2) is 0 Å². The Morgan fingerprint density at radius 1 is 0.607 bits per heavy atom. The van der Waals surface area contributed by atoms with Gasteiger partial charge in [0.1, 0.15) is 0 Å². The Hall–Kier alpha value is -5.02. The largest absolute Gasteiger partial charge is 0.355 e. The minimum atomic E-state index is -0.118. The maximum Gasteiger partial charge on any atom is 0.197 e. The van der Waals surface area contributed by atoms with Gasteiger partial charge in [0.25, 0.3) is 0 Å². The Labute approximate surface area is 366 Å². The molecular formula is C58H64BN2. The molecule has 2 aliphatic carbocycles. The van der Waals surface area contributed by atoms with Crippen molar-refractivity contribution in [3.63, 3.8) is 0 Å². The molecule has 0 amide bonds. The average Bonchev–Trinajstić information content (AvgIpc) is 3.70. The molecule has 0 spiro atoms. The van der Waals surface area contributed by atoms with E-state index < -0.39 is 0 Å². The molecule has 0 unspecified atom stereocenters. The quantitative estimate of drug-likeness (QED) is 0.102. The number of fused-ring (bicyclic) bond motifs is 9. The normalized spacial score (nSPS) is 16.2. The maximum absolute atomic E-state index is 4.02. The van der Waals surface area contributed by atoms with Crippen molar-refractivity contribution in [2.75, 3.05) is 5.32 Å². The van der Waals surface area contributed by atoms with Crippen LogP contribution in [0.5, 0.6) is 0 Å². The van der Waals surface area contributed by atoms with E-state index in [0.717, 1.165) is 24.2 Å². The van der Waals surface area contributed by atoms with Crippen LogP contribution < -0.4 is 16.2 Å². The third-order valence-electron chi connectivity index (χ3n) is 15.3. The summed E-state index contributed by atoms with van der Waals surface area (Å²) in [5.74, 6) is 0. The van der Waals surface area contributed by atoms with Crippen LogP contribution in [0.1, 0.15) is 146 Å². The van der Waals surface area contributed by atoms with E-state index in [2.05, 4.69) is 177 Å². The number of hydrogen-bond acceptors (Lipinski definition) is 1. The predicted molar refractivity (Wildman–Crippen MR) is 265 cm³/mol. The summed E-state index contributed by atoms with van der Waals surface area (Å²) in [6.45, 7) is 21.6. The Balaban J connectivity index is 1.24. The first kappa shape index (κ1) is 40.1. The molecule has 7 aromatic rings. The lowest BCUT2D eigenvalue weighted by atomic mass is 9.58. The van der Waals surface area contributed by atoms with Crippen molar-refractivity contribution in [2.45, 2.75) is 143 Å². The molecular weight excluding hydrogens is 735 g/mol. The lowest BCUT2D eigenvalue weighted by Gasteiger charge is -2.42. The number of aryl methyl sites for hydroxylation is 3. The molecule has 0 fully saturated rings. The first-order valence-electron chi connectivity index (χ1n) is 23.6. The molecule has 2 nitrogen and oxygen atoms in total. The molecule has 0 bridgehead atoms. The molecule has 1 radical (unpaired) electrons. The van der Waals surface area contributed by atoms with Gasteiger partial charge in [-0.1, -0.05) is 141 Å². The molecule has 3 aliphatic rings. The fraction of sp³-hybridized carbons (Fsp3) is 0.379. The molecule has 309 valence electrons. The van der Waals surface area contributed by atoms with E-state index in [4.69, 9.17) is 0 Å². The summed E-state index contributed by atoms with van der Waals surface area (Å²) in [6.07, 6.45) is 12.2. The van der Waals surface area contributed by atoms with Gasteiger partial charge in [0.2, 0.25) is 0 Å². The van der Waals surface area contributed by atoms with Gasteiger partial charge in [0, 0.05) is 44.3 Å². The summed E-state index contributed by atoms with van der Waals surface area (Å²) in [7, 11) is 2.55. The zero-order valence-electron chi connectivity index (χ0n) is 38.3. The van der Waals surface area contributed by atoms with Gasteiger partial charge in [-0.15, -0.1) is 0 Å². The third kappa shape index (κ3) is 6.51. The Bertz CT molecular complexity index is 2860. The fourth-order valence-electron chi connectivity index (χ4n) is 11.5. The van der Waals surface area contributed by atoms with Gasteiger partial charge in [-0.2, -0.15) is 0 Å². The molecule has 3 heteroatoms. The highest BCUT2D eigenvalue weighted by Crippen LogP contribution is 2.53. The number of benzene rings is 6. The number of unbranched alkanes of at least 4 members (excludes halogenated alkanes) is 4. The van der Waals surface area contributed by atoms with Gasteiger partial charge in [-0.05, 0) is 160 Å². The Morgan fingerprint density at radius 2 is 1.28 bits per heavy atom. The summed E-state index contributed by atoms with van der Waals surface area (Å²) in [6, 6.07) is 38.4. The topological polar surface area (TPSA) is 17.0 Å². The van der Waals surface area contributed by atoms with Crippen LogP contribution in [-0.2, 0) is 29.1 Å². The van der Waals surface area contributed by atoms with E-state index in [9.17, 15) is 0 Å². The number of hydrogen-bond donors (Lipinski definition) is 1. The first-order valence-corrected chi connectivity index (χ1v) is 23.6. The second kappa shape index (κ2) is 14.8. The van der Waals surface area contributed by atoms with Gasteiger partial charge in [0.05, 0.1) is 5.52 Å². The summed E-state index contributed by atoms with van der Waals surface area (Å²) < 4.78 is 2.66. The molecule has 0 atom stereocenters. The highest BCUT2D eigenvalue weighted by Gasteiger charge is 2.40. The zero-order valence-corrected chi connectivity index (χ0v) is 38.3. The molecule has 61 heavy (non-hydrogen) atoms. The number of rotatable bonds is 11. The zero-order chi connectivity index (χ0) is 42.4. The monoisotopic (exact) mass is 800 g/mol. The van der Waals surface area contributed by atoms with E-state index in [1.54, 1.807) is 0 Å². The van der Waals surface area contributed by atoms with Crippen molar-refractivity contribution in [3.8, 4) is 27.9 Å². The minimum absolute atomic E-state index is 0.118. The van der Waals surface area contributed by atoms with Gasteiger partial charge in [-0.3, -0.25) is 0 Å². The van der Waals surface area contributed by atoms with Crippen LogP contribution in [0.4, 0.5) is 11.4 Å². The molecule has 6 aromatic carbocycles. The molecule has 0 saturated carbocycles. The fourth-order valence-corrected chi connectivity index (χ4v) is 11.5. The van der Waals surface area contributed by atoms with Crippen LogP contribution in [0.2, 0.25) is 0 Å². The lowest BCUT2D eigenvalue weighted by Crippen LogP contribution is -2.38. The van der Waals surface area contributed by atoms with Crippen molar-refractivity contribution < 1.29 is 0 Å².